The summed E-state index contributed by atoms with van der Waals surface area (Å²) in [6.07, 6.45) is 0. The molecule has 1 aromatic carbocycles. The van der Waals surface area contributed by atoms with Gasteiger partial charge in [-0.25, -0.2) is 0 Å². The molecule has 0 bridgehead atoms. The molecule has 0 spiro atoms. The highest BCUT2D eigenvalue weighted by molar-refractivity contribution is 8.00. The molecule has 106 valence electrons. The number of carbonyl (C=O) groups is 1. The van der Waals surface area contributed by atoms with Gasteiger partial charge in [-0.1, -0.05) is 0 Å². The Hall–Kier alpha value is -1.36. The van der Waals surface area contributed by atoms with Gasteiger partial charge in [0.05, 0.1) is 12.4 Å². The fourth-order valence-electron chi connectivity index (χ4n) is 1.49. The fraction of sp³-hybridized carbons (Fsp3) is 0.500. The Bertz CT molecular complexity index is 442. The van der Waals surface area contributed by atoms with E-state index in [-0.39, 0.29) is 11.4 Å². The quantitative estimate of drug-likeness (QED) is 0.644. The van der Waals surface area contributed by atoms with E-state index in [2.05, 4.69) is 5.32 Å². The molecule has 3 N–H and O–H groups in total. The van der Waals surface area contributed by atoms with E-state index in [1.165, 1.54) is 11.8 Å². The van der Waals surface area contributed by atoms with Gasteiger partial charge >= 0.3 is 0 Å². The zero-order valence-electron chi connectivity index (χ0n) is 11.9. The van der Waals surface area contributed by atoms with Crippen LogP contribution >= 0.6 is 11.8 Å². The number of benzene rings is 1. The highest BCUT2D eigenvalue weighted by atomic mass is 32.2. The Labute approximate surface area is 119 Å². The topological polar surface area (TPSA) is 64.3 Å². The van der Waals surface area contributed by atoms with Crippen molar-refractivity contribution in [3.63, 3.8) is 0 Å². The Kier molecular flexibility index (Phi) is 5.54. The molecule has 0 radical (unpaired) electrons. The van der Waals surface area contributed by atoms with Crippen molar-refractivity contribution in [2.45, 2.75) is 38.1 Å². The first-order valence-electron chi connectivity index (χ1n) is 6.28. The second-order valence-electron chi connectivity index (χ2n) is 5.22. The number of nitrogens with one attached hydrogen (secondary N) is 1. The van der Waals surface area contributed by atoms with Crippen LogP contribution in [0.15, 0.2) is 23.1 Å². The van der Waals surface area contributed by atoms with Gasteiger partial charge in [0.2, 0.25) is 5.91 Å². The van der Waals surface area contributed by atoms with E-state index >= 15 is 0 Å². The van der Waals surface area contributed by atoms with Crippen molar-refractivity contribution in [1.29, 1.82) is 0 Å². The highest BCUT2D eigenvalue weighted by Crippen LogP contribution is 2.29. The lowest BCUT2D eigenvalue weighted by Crippen LogP contribution is -2.41. The van der Waals surface area contributed by atoms with Gasteiger partial charge < -0.3 is 15.8 Å². The molecule has 5 heteroatoms. The van der Waals surface area contributed by atoms with Crippen molar-refractivity contribution < 1.29 is 9.53 Å². The molecule has 0 aliphatic rings. The van der Waals surface area contributed by atoms with Crippen molar-refractivity contribution in [3.05, 3.63) is 18.2 Å². The zero-order valence-corrected chi connectivity index (χ0v) is 12.8. The SMILES string of the molecule is CCOc1ccc(N)c(SCC(=O)NC(C)(C)C)c1. The Morgan fingerprint density at radius 2 is 2.11 bits per heavy atom. The summed E-state index contributed by atoms with van der Waals surface area (Å²) in [7, 11) is 0. The van der Waals surface area contributed by atoms with Gasteiger partial charge in [0.15, 0.2) is 0 Å². The second-order valence-corrected chi connectivity index (χ2v) is 6.24. The van der Waals surface area contributed by atoms with Crippen molar-refractivity contribution in [2.75, 3.05) is 18.1 Å². The molecule has 0 heterocycles. The number of nitrogen functional groups attached to an aromatic ring is 1. The van der Waals surface area contributed by atoms with Crippen LogP contribution in [0.1, 0.15) is 27.7 Å². The smallest absolute Gasteiger partial charge is 0.230 e. The largest absolute Gasteiger partial charge is 0.494 e. The van der Waals surface area contributed by atoms with Crippen molar-refractivity contribution in [1.82, 2.24) is 5.32 Å². The standard InChI is InChI=1S/C14H22N2O2S/c1-5-18-10-6-7-11(15)12(8-10)19-9-13(17)16-14(2,3)4/h6-8H,5,9,15H2,1-4H3,(H,16,17). The van der Waals surface area contributed by atoms with E-state index in [9.17, 15) is 4.79 Å². The maximum Gasteiger partial charge on any atom is 0.230 e. The van der Waals surface area contributed by atoms with Gasteiger partial charge in [0.25, 0.3) is 0 Å². The average Bonchev–Trinajstić information content (AvgIpc) is 2.28. The Balaban J connectivity index is 2.61. The molecule has 0 aliphatic carbocycles. The predicted octanol–water partition coefficient (Wildman–Crippen LogP) is 2.67. The maximum absolute atomic E-state index is 11.7. The number of amides is 1. The predicted molar refractivity (Wildman–Crippen MR) is 80.6 cm³/mol. The van der Waals surface area contributed by atoms with Crippen LogP contribution in [0.25, 0.3) is 0 Å². The summed E-state index contributed by atoms with van der Waals surface area (Å²) in [5.41, 5.74) is 6.34. The molecule has 1 amide bonds. The van der Waals surface area contributed by atoms with Gasteiger partial charge in [-0.2, -0.15) is 0 Å². The molecule has 4 nitrogen and oxygen atoms in total. The molecule has 0 aromatic heterocycles. The third-order valence-electron chi connectivity index (χ3n) is 2.17. The molecule has 0 saturated carbocycles. The normalized spacial score (nSPS) is 11.2. The Morgan fingerprint density at radius 1 is 1.42 bits per heavy atom. The maximum atomic E-state index is 11.7. The van der Waals surface area contributed by atoms with Crippen LogP contribution in [-0.2, 0) is 4.79 Å². The van der Waals surface area contributed by atoms with Gasteiger partial charge in [-0.05, 0) is 45.9 Å². The monoisotopic (exact) mass is 282 g/mol. The molecular weight excluding hydrogens is 260 g/mol. The minimum Gasteiger partial charge on any atom is -0.494 e. The second kappa shape index (κ2) is 6.70. The van der Waals surface area contributed by atoms with Gasteiger partial charge in [-0.3, -0.25) is 4.79 Å². The summed E-state index contributed by atoms with van der Waals surface area (Å²) in [5, 5.41) is 2.92. The van der Waals surface area contributed by atoms with E-state index in [1.54, 1.807) is 6.07 Å². The van der Waals surface area contributed by atoms with E-state index in [4.69, 9.17) is 10.5 Å². The van der Waals surface area contributed by atoms with Crippen molar-refractivity contribution >= 4 is 23.4 Å². The molecule has 0 saturated heterocycles. The van der Waals surface area contributed by atoms with Gasteiger partial charge in [0, 0.05) is 16.1 Å². The fourth-order valence-corrected chi connectivity index (χ4v) is 2.29. The number of hydrogen-bond donors (Lipinski definition) is 2. The minimum atomic E-state index is -0.212. The lowest BCUT2D eigenvalue weighted by Gasteiger charge is -2.20. The van der Waals surface area contributed by atoms with Gasteiger partial charge in [-0.15, -0.1) is 11.8 Å². The highest BCUT2D eigenvalue weighted by Gasteiger charge is 2.14. The number of carbonyl (C=O) groups excluding carboxylic acids is 1. The van der Waals surface area contributed by atoms with E-state index in [1.807, 2.05) is 39.8 Å². The van der Waals surface area contributed by atoms with Crippen LogP contribution in [0.3, 0.4) is 0 Å². The number of thioether (sulfide) groups is 1. The zero-order chi connectivity index (χ0) is 14.5. The summed E-state index contributed by atoms with van der Waals surface area (Å²) in [4.78, 5) is 12.6. The van der Waals surface area contributed by atoms with E-state index in [0.29, 0.717) is 18.0 Å². The van der Waals surface area contributed by atoms with Crippen LogP contribution in [0.5, 0.6) is 5.75 Å². The van der Waals surface area contributed by atoms with E-state index < -0.39 is 0 Å². The molecular formula is C14H22N2O2S. The van der Waals surface area contributed by atoms with Crippen LogP contribution in [0.2, 0.25) is 0 Å². The van der Waals surface area contributed by atoms with Crippen LogP contribution in [0, 0.1) is 0 Å². The molecule has 1 rings (SSSR count). The van der Waals surface area contributed by atoms with Crippen LogP contribution in [0.4, 0.5) is 5.69 Å². The molecule has 19 heavy (non-hydrogen) atoms. The third-order valence-corrected chi connectivity index (χ3v) is 3.24. The molecule has 0 atom stereocenters. The first-order chi connectivity index (χ1) is 8.81. The first kappa shape index (κ1) is 15.7. The number of anilines is 1. The van der Waals surface area contributed by atoms with Gasteiger partial charge in [0.1, 0.15) is 5.75 Å². The number of hydrogen-bond acceptors (Lipinski definition) is 4. The molecule has 1 aromatic rings. The summed E-state index contributed by atoms with van der Waals surface area (Å²) < 4.78 is 5.42. The minimum absolute atomic E-state index is 0.00119. The number of nitrogens with two attached hydrogens (primary N) is 1. The molecule has 0 fully saturated rings. The molecule has 0 aliphatic heterocycles. The number of rotatable bonds is 5. The van der Waals surface area contributed by atoms with Crippen LogP contribution in [-0.4, -0.2) is 23.8 Å². The Morgan fingerprint density at radius 3 is 2.68 bits per heavy atom. The summed E-state index contributed by atoms with van der Waals surface area (Å²) >= 11 is 1.42. The van der Waals surface area contributed by atoms with E-state index in [0.717, 1.165) is 10.6 Å². The average molecular weight is 282 g/mol. The first-order valence-corrected chi connectivity index (χ1v) is 7.26. The summed E-state index contributed by atoms with van der Waals surface area (Å²) in [6.45, 7) is 8.41. The summed E-state index contributed by atoms with van der Waals surface area (Å²) in [6, 6.07) is 5.50. The molecule has 0 unspecified atom stereocenters. The lowest BCUT2D eigenvalue weighted by atomic mass is 10.1. The lowest BCUT2D eigenvalue weighted by molar-refractivity contribution is -0.119. The third kappa shape index (κ3) is 5.87. The van der Waals surface area contributed by atoms with Crippen molar-refractivity contribution in [2.24, 2.45) is 0 Å². The summed E-state index contributed by atoms with van der Waals surface area (Å²) in [5.74, 6) is 1.12. The van der Waals surface area contributed by atoms with Crippen molar-refractivity contribution in [3.8, 4) is 5.75 Å². The number of ether oxygens (including phenoxy) is 1. The van der Waals surface area contributed by atoms with Crippen LogP contribution < -0.4 is 15.8 Å².